The molecule has 0 atom stereocenters. The normalized spacial score (nSPS) is 13.9. The largest absolute Gasteiger partial charge is 0.490 e. The second kappa shape index (κ2) is 11.0. The summed E-state index contributed by atoms with van der Waals surface area (Å²) in [5.41, 5.74) is 0.887. The molecule has 0 aliphatic carbocycles. The summed E-state index contributed by atoms with van der Waals surface area (Å²) >= 11 is 0. The van der Waals surface area contributed by atoms with Crippen molar-refractivity contribution < 1.29 is 23.1 Å². The minimum atomic E-state index is -5.08. The van der Waals surface area contributed by atoms with E-state index in [4.69, 9.17) is 14.9 Å². The topological polar surface area (TPSA) is 117 Å². The lowest BCUT2D eigenvalue weighted by molar-refractivity contribution is -0.192. The van der Waals surface area contributed by atoms with Crippen molar-refractivity contribution in [3.05, 3.63) is 10.4 Å². The number of piperazine rings is 1. The smallest absolute Gasteiger partial charge is 0.475 e. The molecule has 2 aromatic rings. The van der Waals surface area contributed by atoms with Gasteiger partial charge in [0.1, 0.15) is 0 Å². The Kier molecular flexibility index (Phi) is 8.69. The standard InChI is InChI=1S/C18H27N7O.C2HF3O2/c1-5-6-9-25-14-15(22-18(25)24-10-7-19-8-11-24)21-17(20-12-13(2)3)23(4)16(14)26;3-2(4,5)1(6)7/h13,19H,7-12H2,1-4H3,(H,20,21);(H,6,7). The van der Waals surface area contributed by atoms with Crippen LogP contribution in [0.25, 0.3) is 11.2 Å². The van der Waals surface area contributed by atoms with Crippen LogP contribution in [0.5, 0.6) is 0 Å². The van der Waals surface area contributed by atoms with Gasteiger partial charge in [-0.05, 0) is 12.8 Å². The molecule has 1 aliphatic heterocycles. The quantitative estimate of drug-likeness (QED) is 0.558. The SMILES string of the molecule is CC#CCn1c(N2CCNCC2)nc2nc(NCC(C)C)n(C)c(=O)c21.O=C(O)C(F)(F)F. The number of carboxylic acid groups (broad SMARTS) is 1. The first-order valence-corrected chi connectivity index (χ1v) is 10.3. The maximum atomic E-state index is 13.0. The number of anilines is 2. The van der Waals surface area contributed by atoms with Crippen molar-refractivity contribution in [1.29, 1.82) is 0 Å². The zero-order valence-corrected chi connectivity index (χ0v) is 19.0. The van der Waals surface area contributed by atoms with Gasteiger partial charge >= 0.3 is 12.1 Å². The van der Waals surface area contributed by atoms with Crippen LogP contribution in [0.3, 0.4) is 0 Å². The van der Waals surface area contributed by atoms with Crippen LogP contribution in [0.1, 0.15) is 20.8 Å². The molecular weight excluding hydrogens is 443 g/mol. The van der Waals surface area contributed by atoms with Crippen molar-refractivity contribution in [2.45, 2.75) is 33.5 Å². The molecule has 3 rings (SSSR count). The van der Waals surface area contributed by atoms with Gasteiger partial charge in [-0.3, -0.25) is 13.9 Å². The van der Waals surface area contributed by atoms with E-state index in [1.165, 1.54) is 0 Å². The zero-order chi connectivity index (χ0) is 24.8. The van der Waals surface area contributed by atoms with Crippen LogP contribution in [0, 0.1) is 17.8 Å². The summed E-state index contributed by atoms with van der Waals surface area (Å²) in [5.74, 6) is 4.99. The maximum absolute atomic E-state index is 13.0. The van der Waals surface area contributed by atoms with E-state index in [2.05, 4.69) is 46.2 Å². The molecule has 3 N–H and O–H groups in total. The molecule has 1 fully saturated rings. The summed E-state index contributed by atoms with van der Waals surface area (Å²) in [6.07, 6.45) is -5.08. The van der Waals surface area contributed by atoms with E-state index < -0.39 is 12.1 Å². The number of rotatable bonds is 5. The summed E-state index contributed by atoms with van der Waals surface area (Å²) in [4.78, 5) is 33.4. The fourth-order valence-corrected chi connectivity index (χ4v) is 3.02. The molecule has 182 valence electrons. The fraction of sp³-hybridized carbons (Fsp3) is 0.600. The number of nitrogens with zero attached hydrogens (tertiary/aromatic N) is 5. The first-order valence-electron chi connectivity index (χ1n) is 10.3. The van der Waals surface area contributed by atoms with Gasteiger partial charge in [0.05, 0.1) is 6.54 Å². The van der Waals surface area contributed by atoms with Gasteiger partial charge in [0.25, 0.3) is 5.56 Å². The molecule has 33 heavy (non-hydrogen) atoms. The van der Waals surface area contributed by atoms with Gasteiger partial charge in [-0.25, -0.2) is 4.79 Å². The van der Waals surface area contributed by atoms with Crippen LogP contribution in [0.15, 0.2) is 4.79 Å². The Hall–Kier alpha value is -3.27. The second-order valence-electron chi connectivity index (χ2n) is 7.71. The molecule has 10 nitrogen and oxygen atoms in total. The summed E-state index contributed by atoms with van der Waals surface area (Å²) in [6.45, 7) is 10.7. The van der Waals surface area contributed by atoms with Crippen LogP contribution in [0.4, 0.5) is 25.1 Å². The van der Waals surface area contributed by atoms with Crippen molar-refractivity contribution >= 4 is 29.0 Å². The summed E-state index contributed by atoms with van der Waals surface area (Å²) in [7, 11) is 1.74. The van der Waals surface area contributed by atoms with Gasteiger partial charge in [-0.1, -0.05) is 19.8 Å². The first kappa shape index (κ1) is 26.0. The highest BCUT2D eigenvalue weighted by molar-refractivity contribution is 5.75. The number of carboxylic acids is 1. The zero-order valence-electron chi connectivity index (χ0n) is 19.0. The number of aromatic nitrogens is 4. The minimum absolute atomic E-state index is 0.104. The lowest BCUT2D eigenvalue weighted by Crippen LogP contribution is -2.44. The lowest BCUT2D eigenvalue weighted by atomic mass is 10.2. The van der Waals surface area contributed by atoms with Crippen LogP contribution >= 0.6 is 0 Å². The van der Waals surface area contributed by atoms with Gasteiger partial charge in [-0.2, -0.15) is 23.1 Å². The Morgan fingerprint density at radius 2 is 1.88 bits per heavy atom. The van der Waals surface area contributed by atoms with Crippen LogP contribution < -0.4 is 21.1 Å². The van der Waals surface area contributed by atoms with E-state index >= 15 is 0 Å². The maximum Gasteiger partial charge on any atom is 0.490 e. The Bertz CT molecular complexity index is 1090. The van der Waals surface area contributed by atoms with E-state index in [1.54, 1.807) is 18.5 Å². The Labute approximate surface area is 188 Å². The third-order valence-electron chi connectivity index (χ3n) is 4.69. The van der Waals surface area contributed by atoms with Gasteiger partial charge in [0, 0.05) is 39.8 Å². The number of nitrogens with one attached hydrogen (secondary N) is 2. The van der Waals surface area contributed by atoms with Crippen molar-refractivity contribution in [3.63, 3.8) is 0 Å². The van der Waals surface area contributed by atoms with Gasteiger partial charge in [0.2, 0.25) is 11.9 Å². The molecule has 0 amide bonds. The number of hydrogen-bond acceptors (Lipinski definition) is 7. The van der Waals surface area contributed by atoms with E-state index in [0.29, 0.717) is 29.6 Å². The number of imidazole rings is 1. The Morgan fingerprint density at radius 1 is 1.27 bits per heavy atom. The van der Waals surface area contributed by atoms with Crippen molar-refractivity contribution in [2.75, 3.05) is 42.9 Å². The molecule has 0 bridgehead atoms. The fourth-order valence-electron chi connectivity index (χ4n) is 3.02. The van der Waals surface area contributed by atoms with E-state index in [1.807, 2.05) is 4.57 Å². The van der Waals surface area contributed by atoms with Crippen molar-refractivity contribution in [3.8, 4) is 11.8 Å². The molecule has 2 aromatic heterocycles. The van der Waals surface area contributed by atoms with Crippen LogP contribution in [0.2, 0.25) is 0 Å². The van der Waals surface area contributed by atoms with E-state index in [-0.39, 0.29) is 5.56 Å². The molecule has 0 unspecified atom stereocenters. The highest BCUT2D eigenvalue weighted by Crippen LogP contribution is 2.21. The molecule has 0 aromatic carbocycles. The number of aliphatic carboxylic acids is 1. The molecule has 1 aliphatic rings. The third-order valence-corrected chi connectivity index (χ3v) is 4.69. The van der Waals surface area contributed by atoms with Gasteiger partial charge in [-0.15, -0.1) is 5.92 Å². The predicted octanol–water partition coefficient (Wildman–Crippen LogP) is 1.26. The molecular formula is C20H28F3N7O3. The monoisotopic (exact) mass is 471 g/mol. The summed E-state index contributed by atoms with van der Waals surface area (Å²) in [5, 5.41) is 13.7. The predicted molar refractivity (Wildman–Crippen MR) is 118 cm³/mol. The van der Waals surface area contributed by atoms with E-state index in [9.17, 15) is 18.0 Å². The molecule has 0 saturated carbocycles. The number of carbonyl (C=O) groups is 1. The van der Waals surface area contributed by atoms with Gasteiger partial charge < -0.3 is 20.6 Å². The number of fused-ring (bicyclic) bond motifs is 1. The summed E-state index contributed by atoms with van der Waals surface area (Å²) < 4.78 is 35.2. The van der Waals surface area contributed by atoms with Crippen molar-refractivity contribution in [2.24, 2.45) is 13.0 Å². The number of hydrogen-bond donors (Lipinski definition) is 3. The molecule has 3 heterocycles. The van der Waals surface area contributed by atoms with Crippen LogP contribution in [-0.4, -0.2) is 69.1 Å². The lowest BCUT2D eigenvalue weighted by Gasteiger charge is -2.28. The van der Waals surface area contributed by atoms with Crippen molar-refractivity contribution in [1.82, 2.24) is 24.4 Å². The number of halogens is 3. The first-order chi connectivity index (χ1) is 15.5. The molecule has 0 spiro atoms. The summed E-state index contributed by atoms with van der Waals surface area (Å²) in [6, 6.07) is 0. The second-order valence-corrected chi connectivity index (χ2v) is 7.71. The average Bonchev–Trinajstić information content (AvgIpc) is 3.12. The highest BCUT2D eigenvalue weighted by atomic mass is 19.4. The molecule has 0 radical (unpaired) electrons. The minimum Gasteiger partial charge on any atom is -0.475 e. The Balaban J connectivity index is 0.000000479. The third kappa shape index (κ3) is 6.61. The molecule has 13 heteroatoms. The average molecular weight is 471 g/mol. The van der Waals surface area contributed by atoms with E-state index in [0.717, 1.165) is 38.7 Å². The number of alkyl halides is 3. The van der Waals surface area contributed by atoms with Crippen LogP contribution in [-0.2, 0) is 18.4 Å². The van der Waals surface area contributed by atoms with Gasteiger partial charge in [0.15, 0.2) is 11.2 Å². The molecule has 1 saturated heterocycles. The highest BCUT2D eigenvalue weighted by Gasteiger charge is 2.38. The Morgan fingerprint density at radius 3 is 2.39 bits per heavy atom.